The smallest absolute Gasteiger partial charge is 0.261 e. The summed E-state index contributed by atoms with van der Waals surface area (Å²) in [5.74, 6) is -0.722. The predicted octanol–water partition coefficient (Wildman–Crippen LogP) is 2.86. The monoisotopic (exact) mass is 449 g/mol. The van der Waals surface area contributed by atoms with Gasteiger partial charge in [-0.2, -0.15) is 0 Å². The lowest BCUT2D eigenvalue weighted by Gasteiger charge is -2.35. The standard InChI is InChI=1S/C22H28FN3O4S/c1-16-14-26(15-17(2)30-16)13-3-12-24-22(27)18-4-8-20(9-5-18)25-31(28,29)21-10-6-19(23)7-11-21/h4-11,16-17,25H,3,12-15H2,1-2H3,(H,24,27)/t16-,17-/m0/s1. The second-order valence-electron chi connectivity index (χ2n) is 7.76. The molecule has 0 radical (unpaired) electrons. The third-order valence-corrected chi connectivity index (χ3v) is 6.35. The molecule has 0 bridgehead atoms. The lowest BCUT2D eigenvalue weighted by atomic mass is 10.2. The average Bonchev–Trinajstić information content (AvgIpc) is 2.71. The van der Waals surface area contributed by atoms with E-state index in [2.05, 4.69) is 28.8 Å². The molecule has 1 fully saturated rings. The van der Waals surface area contributed by atoms with E-state index in [1.165, 1.54) is 24.3 Å². The van der Waals surface area contributed by atoms with E-state index in [0.29, 0.717) is 17.8 Å². The highest BCUT2D eigenvalue weighted by Gasteiger charge is 2.21. The van der Waals surface area contributed by atoms with Crippen LogP contribution in [0.5, 0.6) is 0 Å². The van der Waals surface area contributed by atoms with Crippen molar-refractivity contribution in [2.24, 2.45) is 0 Å². The van der Waals surface area contributed by atoms with Crippen molar-refractivity contribution in [1.82, 2.24) is 10.2 Å². The number of nitrogens with one attached hydrogen (secondary N) is 2. The van der Waals surface area contributed by atoms with Crippen molar-refractivity contribution in [2.75, 3.05) is 30.9 Å². The zero-order valence-electron chi connectivity index (χ0n) is 17.7. The molecular weight excluding hydrogens is 421 g/mol. The molecule has 1 aliphatic rings. The third kappa shape index (κ3) is 6.75. The molecule has 1 amide bonds. The van der Waals surface area contributed by atoms with Crippen LogP contribution < -0.4 is 10.0 Å². The minimum atomic E-state index is -3.83. The molecule has 0 saturated carbocycles. The fourth-order valence-electron chi connectivity index (χ4n) is 3.59. The first-order valence-electron chi connectivity index (χ1n) is 10.3. The molecule has 31 heavy (non-hydrogen) atoms. The van der Waals surface area contributed by atoms with E-state index in [4.69, 9.17) is 4.74 Å². The Bertz CT molecular complexity index is 971. The summed E-state index contributed by atoms with van der Waals surface area (Å²) in [7, 11) is -3.83. The predicted molar refractivity (Wildman–Crippen MR) is 117 cm³/mol. The number of rotatable bonds is 8. The molecule has 2 atom stereocenters. The zero-order chi connectivity index (χ0) is 22.4. The molecule has 1 saturated heterocycles. The lowest BCUT2D eigenvalue weighted by molar-refractivity contribution is -0.0680. The van der Waals surface area contributed by atoms with Gasteiger partial charge in [0.05, 0.1) is 17.1 Å². The minimum absolute atomic E-state index is 0.0419. The second-order valence-corrected chi connectivity index (χ2v) is 9.45. The fourth-order valence-corrected chi connectivity index (χ4v) is 4.65. The van der Waals surface area contributed by atoms with Gasteiger partial charge in [0.1, 0.15) is 5.82 Å². The second kappa shape index (κ2) is 10.2. The molecule has 2 aromatic rings. The van der Waals surface area contributed by atoms with Gasteiger partial charge in [0.15, 0.2) is 0 Å². The normalized spacial score (nSPS) is 19.7. The van der Waals surface area contributed by atoms with Gasteiger partial charge in [-0.05, 0) is 68.8 Å². The van der Waals surface area contributed by atoms with Crippen molar-refractivity contribution in [2.45, 2.75) is 37.4 Å². The Labute approximate surface area is 182 Å². The molecular formula is C22H28FN3O4S. The Morgan fingerprint density at radius 1 is 1.06 bits per heavy atom. The van der Waals surface area contributed by atoms with Crippen molar-refractivity contribution in [3.8, 4) is 0 Å². The molecule has 7 nitrogen and oxygen atoms in total. The maximum Gasteiger partial charge on any atom is 0.261 e. The fraction of sp³-hybridized carbons (Fsp3) is 0.409. The quantitative estimate of drug-likeness (QED) is 0.605. The number of amides is 1. The first-order valence-corrected chi connectivity index (χ1v) is 11.8. The molecule has 0 unspecified atom stereocenters. The summed E-state index contributed by atoms with van der Waals surface area (Å²) in [5, 5.41) is 2.89. The number of carbonyl (C=O) groups is 1. The third-order valence-electron chi connectivity index (χ3n) is 4.96. The lowest BCUT2D eigenvalue weighted by Crippen LogP contribution is -2.46. The molecule has 1 aliphatic heterocycles. The van der Waals surface area contributed by atoms with Gasteiger partial charge in [-0.1, -0.05) is 0 Å². The molecule has 1 heterocycles. The van der Waals surface area contributed by atoms with Gasteiger partial charge < -0.3 is 10.1 Å². The first kappa shape index (κ1) is 23.2. The Balaban J connectivity index is 1.47. The number of hydrogen-bond donors (Lipinski definition) is 2. The highest BCUT2D eigenvalue weighted by atomic mass is 32.2. The molecule has 0 aromatic heterocycles. The van der Waals surface area contributed by atoms with E-state index in [9.17, 15) is 17.6 Å². The Kier molecular flexibility index (Phi) is 7.64. The van der Waals surface area contributed by atoms with Gasteiger partial charge in [0.25, 0.3) is 15.9 Å². The Morgan fingerprint density at radius 2 is 1.68 bits per heavy atom. The van der Waals surface area contributed by atoms with Gasteiger partial charge in [-0.25, -0.2) is 12.8 Å². The van der Waals surface area contributed by atoms with E-state index >= 15 is 0 Å². The van der Waals surface area contributed by atoms with Crippen LogP contribution in [0.2, 0.25) is 0 Å². The largest absolute Gasteiger partial charge is 0.373 e. The van der Waals surface area contributed by atoms with Crippen molar-refractivity contribution >= 4 is 21.6 Å². The number of benzene rings is 2. The van der Waals surface area contributed by atoms with Gasteiger partial charge in [0.2, 0.25) is 0 Å². The Morgan fingerprint density at radius 3 is 2.29 bits per heavy atom. The van der Waals surface area contributed by atoms with Gasteiger partial charge >= 0.3 is 0 Å². The summed E-state index contributed by atoms with van der Waals surface area (Å²) in [4.78, 5) is 14.6. The van der Waals surface area contributed by atoms with Crippen LogP contribution in [0.15, 0.2) is 53.4 Å². The molecule has 9 heteroatoms. The SMILES string of the molecule is C[C@H]1CN(CCCNC(=O)c2ccc(NS(=O)(=O)c3ccc(F)cc3)cc2)C[C@H](C)O1. The number of sulfonamides is 1. The molecule has 0 spiro atoms. The molecule has 2 aromatic carbocycles. The van der Waals surface area contributed by atoms with Crippen LogP contribution in [-0.4, -0.2) is 57.6 Å². The Hall–Kier alpha value is -2.49. The van der Waals surface area contributed by atoms with Crippen LogP contribution in [0.4, 0.5) is 10.1 Å². The summed E-state index contributed by atoms with van der Waals surface area (Å²) in [6.45, 7) is 7.36. The number of carbonyl (C=O) groups excluding carboxylic acids is 1. The van der Waals surface area contributed by atoms with Crippen LogP contribution in [0.25, 0.3) is 0 Å². The number of hydrogen-bond acceptors (Lipinski definition) is 5. The number of nitrogens with zero attached hydrogens (tertiary/aromatic N) is 1. The highest BCUT2D eigenvalue weighted by molar-refractivity contribution is 7.92. The maximum atomic E-state index is 13.0. The first-order chi connectivity index (χ1) is 14.7. The maximum absolute atomic E-state index is 13.0. The van der Waals surface area contributed by atoms with E-state index in [-0.39, 0.29) is 23.0 Å². The van der Waals surface area contributed by atoms with Gasteiger partial charge in [-0.15, -0.1) is 0 Å². The van der Waals surface area contributed by atoms with Crippen LogP contribution in [0, 0.1) is 5.82 Å². The molecule has 0 aliphatic carbocycles. The zero-order valence-corrected chi connectivity index (χ0v) is 18.5. The summed E-state index contributed by atoms with van der Waals surface area (Å²) < 4.78 is 45.8. The van der Waals surface area contributed by atoms with Crippen LogP contribution in [0.3, 0.4) is 0 Å². The summed E-state index contributed by atoms with van der Waals surface area (Å²) in [6, 6.07) is 10.7. The summed E-state index contributed by atoms with van der Waals surface area (Å²) >= 11 is 0. The van der Waals surface area contributed by atoms with Gasteiger partial charge in [-0.3, -0.25) is 14.4 Å². The topological polar surface area (TPSA) is 87.7 Å². The average molecular weight is 450 g/mol. The van der Waals surface area contributed by atoms with E-state index < -0.39 is 15.8 Å². The van der Waals surface area contributed by atoms with Crippen LogP contribution in [0.1, 0.15) is 30.6 Å². The number of morpholine rings is 1. The summed E-state index contributed by atoms with van der Waals surface area (Å²) in [6.07, 6.45) is 1.27. The minimum Gasteiger partial charge on any atom is -0.373 e. The van der Waals surface area contributed by atoms with Crippen molar-refractivity contribution < 1.29 is 22.3 Å². The molecule has 2 N–H and O–H groups in total. The highest BCUT2D eigenvalue weighted by Crippen LogP contribution is 2.17. The number of ether oxygens (including phenoxy) is 1. The number of halogens is 1. The van der Waals surface area contributed by atoms with Gasteiger partial charge in [0, 0.05) is 37.4 Å². The number of anilines is 1. The van der Waals surface area contributed by atoms with Crippen LogP contribution in [-0.2, 0) is 14.8 Å². The van der Waals surface area contributed by atoms with Crippen molar-refractivity contribution in [3.63, 3.8) is 0 Å². The van der Waals surface area contributed by atoms with E-state index in [0.717, 1.165) is 38.2 Å². The molecule has 3 rings (SSSR count). The van der Waals surface area contributed by atoms with Crippen molar-refractivity contribution in [1.29, 1.82) is 0 Å². The van der Waals surface area contributed by atoms with E-state index in [1.54, 1.807) is 12.1 Å². The van der Waals surface area contributed by atoms with Crippen LogP contribution >= 0.6 is 0 Å². The van der Waals surface area contributed by atoms with Crippen molar-refractivity contribution in [3.05, 3.63) is 59.9 Å². The summed E-state index contributed by atoms with van der Waals surface area (Å²) in [5.41, 5.74) is 0.759. The van der Waals surface area contributed by atoms with E-state index in [1.807, 2.05) is 0 Å². The molecule has 168 valence electrons.